The van der Waals surface area contributed by atoms with Gasteiger partial charge < -0.3 is 5.32 Å². The predicted octanol–water partition coefficient (Wildman–Crippen LogP) is 5.25. The first-order chi connectivity index (χ1) is 9.61. The Morgan fingerprint density at radius 3 is 2.65 bits per heavy atom. The lowest BCUT2D eigenvalue weighted by Gasteiger charge is -2.11. The number of aromatic nitrogens is 1. The minimum atomic E-state index is 0.718. The highest BCUT2D eigenvalue weighted by Gasteiger charge is 2.05. The summed E-state index contributed by atoms with van der Waals surface area (Å²) in [6.45, 7) is 4.08. The summed E-state index contributed by atoms with van der Waals surface area (Å²) < 4.78 is 0. The van der Waals surface area contributed by atoms with E-state index in [1.54, 1.807) is 0 Å². The average molecular weight is 283 g/mol. The molecular formula is C17H15ClN2. The summed E-state index contributed by atoms with van der Waals surface area (Å²) in [6, 6.07) is 16.1. The molecule has 3 aromatic rings. The first kappa shape index (κ1) is 12.9. The van der Waals surface area contributed by atoms with Crippen molar-refractivity contribution in [1.82, 2.24) is 4.98 Å². The van der Waals surface area contributed by atoms with Crippen LogP contribution in [-0.4, -0.2) is 4.98 Å². The van der Waals surface area contributed by atoms with Crippen LogP contribution in [0.15, 0.2) is 48.5 Å². The van der Waals surface area contributed by atoms with Crippen LogP contribution in [0.1, 0.15) is 11.3 Å². The molecule has 3 heteroatoms. The van der Waals surface area contributed by atoms with Gasteiger partial charge in [-0.05, 0) is 55.8 Å². The molecule has 0 aliphatic rings. The molecule has 0 unspecified atom stereocenters. The highest BCUT2D eigenvalue weighted by Crippen LogP contribution is 2.28. The van der Waals surface area contributed by atoms with E-state index in [1.165, 1.54) is 5.56 Å². The van der Waals surface area contributed by atoms with Crippen LogP contribution in [-0.2, 0) is 0 Å². The van der Waals surface area contributed by atoms with E-state index in [9.17, 15) is 0 Å². The van der Waals surface area contributed by atoms with Gasteiger partial charge in [-0.2, -0.15) is 0 Å². The second-order valence-corrected chi connectivity index (χ2v) is 5.40. The maximum Gasteiger partial charge on any atom is 0.0727 e. The number of nitrogens with zero attached hydrogens (tertiary/aromatic N) is 1. The lowest BCUT2D eigenvalue weighted by molar-refractivity contribution is 1.25. The highest BCUT2D eigenvalue weighted by molar-refractivity contribution is 6.31. The van der Waals surface area contributed by atoms with Crippen molar-refractivity contribution >= 4 is 33.9 Å². The predicted molar refractivity (Wildman–Crippen MR) is 86.0 cm³/mol. The molecule has 0 spiro atoms. The maximum absolute atomic E-state index is 6.10. The molecule has 0 atom stereocenters. The van der Waals surface area contributed by atoms with E-state index in [0.717, 1.165) is 33.0 Å². The van der Waals surface area contributed by atoms with Gasteiger partial charge in [-0.25, -0.2) is 0 Å². The second-order valence-electron chi connectivity index (χ2n) is 4.97. The number of aryl methyl sites for hydroxylation is 2. The van der Waals surface area contributed by atoms with Crippen LogP contribution in [0.2, 0.25) is 5.02 Å². The molecule has 0 fully saturated rings. The number of rotatable bonds is 2. The summed E-state index contributed by atoms with van der Waals surface area (Å²) in [7, 11) is 0. The Balaban J connectivity index is 2.12. The molecule has 1 aromatic heterocycles. The molecule has 20 heavy (non-hydrogen) atoms. The molecule has 0 aliphatic heterocycles. The largest absolute Gasteiger partial charge is 0.355 e. The highest BCUT2D eigenvalue weighted by atomic mass is 35.5. The molecule has 3 rings (SSSR count). The molecular weight excluding hydrogens is 268 g/mol. The molecule has 2 nitrogen and oxygen atoms in total. The molecule has 1 heterocycles. The first-order valence-electron chi connectivity index (χ1n) is 6.52. The SMILES string of the molecule is Cc1cccc(Nc2cc(C)nc3ccc(Cl)cc23)c1. The third-order valence-corrected chi connectivity index (χ3v) is 3.43. The summed E-state index contributed by atoms with van der Waals surface area (Å²) >= 11 is 6.10. The lowest BCUT2D eigenvalue weighted by atomic mass is 10.1. The molecule has 0 saturated heterocycles. The maximum atomic E-state index is 6.10. The topological polar surface area (TPSA) is 24.9 Å². The quantitative estimate of drug-likeness (QED) is 0.694. The zero-order valence-corrected chi connectivity index (χ0v) is 12.2. The van der Waals surface area contributed by atoms with Crippen LogP contribution in [0.3, 0.4) is 0 Å². The second kappa shape index (κ2) is 5.14. The monoisotopic (exact) mass is 282 g/mol. The Labute approximate surface area is 123 Å². The number of nitrogens with one attached hydrogen (secondary N) is 1. The van der Waals surface area contributed by atoms with Gasteiger partial charge >= 0.3 is 0 Å². The Bertz CT molecular complexity index is 781. The van der Waals surface area contributed by atoms with Crippen LogP contribution >= 0.6 is 11.6 Å². The summed E-state index contributed by atoms with van der Waals surface area (Å²) in [6.07, 6.45) is 0. The van der Waals surface area contributed by atoms with Crippen molar-refractivity contribution in [3.8, 4) is 0 Å². The smallest absolute Gasteiger partial charge is 0.0727 e. The molecule has 0 saturated carbocycles. The third-order valence-electron chi connectivity index (χ3n) is 3.20. The molecule has 0 amide bonds. The number of fused-ring (bicyclic) bond motifs is 1. The zero-order valence-electron chi connectivity index (χ0n) is 11.4. The number of halogens is 1. The van der Waals surface area contributed by atoms with Crippen LogP contribution < -0.4 is 5.32 Å². The van der Waals surface area contributed by atoms with E-state index in [-0.39, 0.29) is 0 Å². The van der Waals surface area contributed by atoms with E-state index in [2.05, 4.69) is 35.4 Å². The summed E-state index contributed by atoms with van der Waals surface area (Å²) in [5.41, 5.74) is 5.25. The number of anilines is 2. The van der Waals surface area contributed by atoms with Crippen LogP contribution in [0.5, 0.6) is 0 Å². The minimum Gasteiger partial charge on any atom is -0.355 e. The van der Waals surface area contributed by atoms with Crippen LogP contribution in [0.4, 0.5) is 11.4 Å². The van der Waals surface area contributed by atoms with Gasteiger partial charge in [0.2, 0.25) is 0 Å². The standard InChI is InChI=1S/C17H15ClN2/c1-11-4-3-5-14(8-11)20-17-9-12(2)19-16-7-6-13(18)10-15(16)17/h3-10H,1-2H3,(H,19,20). The first-order valence-corrected chi connectivity index (χ1v) is 6.90. The van der Waals surface area contributed by atoms with E-state index >= 15 is 0 Å². The van der Waals surface area contributed by atoms with Gasteiger partial charge in [-0.1, -0.05) is 23.7 Å². The van der Waals surface area contributed by atoms with Gasteiger partial charge in [0.15, 0.2) is 0 Å². The van der Waals surface area contributed by atoms with Crippen LogP contribution in [0.25, 0.3) is 10.9 Å². The number of hydrogen-bond donors (Lipinski definition) is 1. The fourth-order valence-electron chi connectivity index (χ4n) is 2.31. The van der Waals surface area contributed by atoms with Crippen molar-refractivity contribution in [1.29, 1.82) is 0 Å². The Hall–Kier alpha value is -2.06. The summed E-state index contributed by atoms with van der Waals surface area (Å²) in [4.78, 5) is 4.54. The van der Waals surface area contributed by atoms with Gasteiger partial charge in [-0.15, -0.1) is 0 Å². The van der Waals surface area contributed by atoms with Crippen molar-refractivity contribution in [2.45, 2.75) is 13.8 Å². The molecule has 0 aliphatic carbocycles. The minimum absolute atomic E-state index is 0.718. The third kappa shape index (κ3) is 2.61. The van der Waals surface area contributed by atoms with Gasteiger partial charge in [0.05, 0.1) is 5.52 Å². The molecule has 100 valence electrons. The Kier molecular flexibility index (Phi) is 3.33. The molecule has 1 N–H and O–H groups in total. The van der Waals surface area contributed by atoms with Crippen molar-refractivity contribution in [3.63, 3.8) is 0 Å². The van der Waals surface area contributed by atoms with Crippen molar-refractivity contribution in [2.24, 2.45) is 0 Å². The number of pyridine rings is 1. The Morgan fingerprint density at radius 1 is 1.00 bits per heavy atom. The number of hydrogen-bond acceptors (Lipinski definition) is 2. The normalized spacial score (nSPS) is 10.8. The van der Waals surface area contributed by atoms with Crippen molar-refractivity contribution < 1.29 is 0 Å². The average Bonchev–Trinajstić information content (AvgIpc) is 2.39. The Morgan fingerprint density at radius 2 is 1.85 bits per heavy atom. The summed E-state index contributed by atoms with van der Waals surface area (Å²) in [5, 5.41) is 5.21. The lowest BCUT2D eigenvalue weighted by Crippen LogP contribution is -1.95. The van der Waals surface area contributed by atoms with Gasteiger partial charge in [-0.3, -0.25) is 4.98 Å². The molecule has 2 aromatic carbocycles. The summed E-state index contributed by atoms with van der Waals surface area (Å²) in [5.74, 6) is 0. The van der Waals surface area contributed by atoms with Gasteiger partial charge in [0.1, 0.15) is 0 Å². The number of benzene rings is 2. The van der Waals surface area contributed by atoms with E-state index in [4.69, 9.17) is 11.6 Å². The fraction of sp³-hybridized carbons (Fsp3) is 0.118. The molecule has 0 bridgehead atoms. The molecule has 0 radical (unpaired) electrons. The van der Waals surface area contributed by atoms with Crippen molar-refractivity contribution in [3.05, 3.63) is 64.8 Å². The van der Waals surface area contributed by atoms with Crippen molar-refractivity contribution in [2.75, 3.05) is 5.32 Å². The van der Waals surface area contributed by atoms with Gasteiger partial charge in [0, 0.05) is 27.5 Å². The fourth-order valence-corrected chi connectivity index (χ4v) is 2.48. The van der Waals surface area contributed by atoms with E-state index < -0.39 is 0 Å². The van der Waals surface area contributed by atoms with Gasteiger partial charge in [0.25, 0.3) is 0 Å². The zero-order chi connectivity index (χ0) is 14.1. The van der Waals surface area contributed by atoms with E-state index in [0.29, 0.717) is 0 Å². The van der Waals surface area contributed by atoms with Crippen LogP contribution in [0, 0.1) is 13.8 Å². The van der Waals surface area contributed by atoms with E-state index in [1.807, 2.05) is 37.3 Å².